The molecule has 0 radical (unpaired) electrons. The van der Waals surface area contributed by atoms with Gasteiger partial charge in [-0.2, -0.15) is 0 Å². The fraction of sp³-hybridized carbons (Fsp3) is 0.370. The van der Waals surface area contributed by atoms with Gasteiger partial charge in [-0.1, -0.05) is 18.6 Å². The number of piperazine rings is 1. The van der Waals surface area contributed by atoms with Gasteiger partial charge in [-0.15, -0.1) is 0 Å². The van der Waals surface area contributed by atoms with Crippen molar-refractivity contribution in [2.45, 2.75) is 38.6 Å². The predicted molar refractivity (Wildman–Crippen MR) is 135 cm³/mol. The predicted octanol–water partition coefficient (Wildman–Crippen LogP) is 3.92. The molecule has 7 heteroatoms. The summed E-state index contributed by atoms with van der Waals surface area (Å²) in [5.41, 5.74) is 11.7. The average Bonchev–Trinajstić information content (AvgIpc) is 3.03. The van der Waals surface area contributed by atoms with Gasteiger partial charge in [-0.3, -0.25) is 9.69 Å². The number of hydrogen-bond acceptors (Lipinski definition) is 5. The molecule has 2 aromatic carbocycles. The van der Waals surface area contributed by atoms with Crippen LogP contribution in [0.3, 0.4) is 0 Å². The third kappa shape index (κ3) is 3.90. The van der Waals surface area contributed by atoms with E-state index < -0.39 is 0 Å². The number of nitrogens with zero attached hydrogens (tertiary/aromatic N) is 4. The van der Waals surface area contributed by atoms with E-state index in [-0.39, 0.29) is 5.91 Å². The molecule has 0 atom stereocenters. The van der Waals surface area contributed by atoms with E-state index >= 15 is 0 Å². The quantitative estimate of drug-likeness (QED) is 0.458. The zero-order chi connectivity index (χ0) is 23.1. The van der Waals surface area contributed by atoms with Crippen LogP contribution in [0, 0.1) is 0 Å². The van der Waals surface area contributed by atoms with Crippen LogP contribution < -0.4 is 5.73 Å². The second-order valence-electron chi connectivity index (χ2n) is 9.51. The topological polar surface area (TPSA) is 91.1 Å². The molecule has 0 saturated carbocycles. The van der Waals surface area contributed by atoms with E-state index in [1.165, 1.54) is 35.9 Å². The molecule has 1 aliphatic heterocycles. The van der Waals surface area contributed by atoms with Gasteiger partial charge < -0.3 is 15.6 Å². The Morgan fingerprint density at radius 1 is 0.941 bits per heavy atom. The Bertz CT molecular complexity index is 1370. The molecule has 2 aliphatic rings. The van der Waals surface area contributed by atoms with E-state index in [1.54, 1.807) is 0 Å². The summed E-state index contributed by atoms with van der Waals surface area (Å²) in [5, 5.41) is 2.12. The fourth-order valence-corrected chi connectivity index (χ4v) is 5.43. The van der Waals surface area contributed by atoms with Gasteiger partial charge in [0.15, 0.2) is 0 Å². The Hall–Kier alpha value is -3.45. The van der Waals surface area contributed by atoms with Gasteiger partial charge in [-0.05, 0) is 61.6 Å². The number of carbonyl (C=O) groups excluding carboxylic acids is 1. The highest BCUT2D eigenvalue weighted by Crippen LogP contribution is 2.29. The van der Waals surface area contributed by atoms with Crippen molar-refractivity contribution in [2.75, 3.05) is 31.9 Å². The number of rotatable bonds is 3. The Morgan fingerprint density at radius 2 is 1.76 bits per heavy atom. The van der Waals surface area contributed by atoms with Crippen molar-refractivity contribution in [2.24, 2.45) is 0 Å². The Balaban J connectivity index is 1.14. The second-order valence-corrected chi connectivity index (χ2v) is 9.51. The highest BCUT2D eigenvalue weighted by atomic mass is 16.2. The van der Waals surface area contributed by atoms with Crippen LogP contribution in [-0.4, -0.2) is 56.8 Å². The normalized spacial score (nSPS) is 17.1. The molecule has 0 spiro atoms. The highest BCUT2D eigenvalue weighted by molar-refractivity contribution is 5.99. The van der Waals surface area contributed by atoms with Crippen LogP contribution in [0.25, 0.3) is 21.8 Å². The van der Waals surface area contributed by atoms with Crippen molar-refractivity contribution in [1.29, 1.82) is 0 Å². The number of H-pyrrole nitrogens is 1. The number of hydrogen-bond donors (Lipinski definition) is 2. The van der Waals surface area contributed by atoms with Gasteiger partial charge >= 0.3 is 0 Å². The van der Waals surface area contributed by atoms with Crippen LogP contribution in [0.5, 0.6) is 0 Å². The first-order chi connectivity index (χ1) is 16.7. The smallest absolute Gasteiger partial charge is 0.253 e. The van der Waals surface area contributed by atoms with Crippen molar-refractivity contribution in [3.8, 4) is 0 Å². The maximum absolute atomic E-state index is 13.3. The van der Waals surface area contributed by atoms with Crippen LogP contribution in [0.4, 0.5) is 5.82 Å². The summed E-state index contributed by atoms with van der Waals surface area (Å²) in [6.45, 7) is 3.63. The number of para-hydroxylation sites is 1. The first-order valence-corrected chi connectivity index (χ1v) is 12.3. The molecule has 1 fully saturated rings. The fourth-order valence-electron chi connectivity index (χ4n) is 5.43. The first kappa shape index (κ1) is 21.1. The van der Waals surface area contributed by atoms with Crippen LogP contribution in [-0.2, 0) is 19.4 Å². The van der Waals surface area contributed by atoms with E-state index in [4.69, 9.17) is 5.73 Å². The molecule has 3 N–H and O–H groups in total. The summed E-state index contributed by atoms with van der Waals surface area (Å²) in [6.07, 6.45) is 5.97. The monoisotopic (exact) mass is 454 g/mol. The number of amides is 1. The summed E-state index contributed by atoms with van der Waals surface area (Å²) >= 11 is 0. The van der Waals surface area contributed by atoms with Gasteiger partial charge in [0.25, 0.3) is 5.91 Å². The molecule has 4 aromatic rings. The second kappa shape index (κ2) is 8.72. The van der Waals surface area contributed by atoms with Gasteiger partial charge in [0.2, 0.25) is 0 Å². The SMILES string of the molecule is Nc1nc(CN2CCN(C(=O)c3ccc4[nH]c5c(c4c3)CCCCC5)CC2)nc2ccccc12. The molecule has 2 aromatic heterocycles. The summed E-state index contributed by atoms with van der Waals surface area (Å²) in [4.78, 5) is 30.4. The van der Waals surface area contributed by atoms with E-state index in [9.17, 15) is 4.79 Å². The number of nitrogens with two attached hydrogens (primary N) is 1. The molecule has 3 heterocycles. The maximum Gasteiger partial charge on any atom is 0.253 e. The number of nitrogen functional groups attached to an aromatic ring is 1. The number of carbonyl (C=O) groups is 1. The number of benzene rings is 2. The largest absolute Gasteiger partial charge is 0.383 e. The summed E-state index contributed by atoms with van der Waals surface area (Å²) in [6, 6.07) is 14.0. The van der Waals surface area contributed by atoms with Crippen molar-refractivity contribution < 1.29 is 4.79 Å². The number of anilines is 1. The van der Waals surface area contributed by atoms with E-state index in [0.717, 1.165) is 53.7 Å². The Morgan fingerprint density at radius 3 is 2.65 bits per heavy atom. The summed E-state index contributed by atoms with van der Waals surface area (Å²) in [5.74, 6) is 1.37. The molecule has 1 amide bonds. The zero-order valence-electron chi connectivity index (χ0n) is 19.4. The summed E-state index contributed by atoms with van der Waals surface area (Å²) in [7, 11) is 0. The minimum absolute atomic E-state index is 0.122. The number of aromatic nitrogens is 3. The van der Waals surface area contributed by atoms with Crippen molar-refractivity contribution >= 4 is 33.5 Å². The molecule has 1 saturated heterocycles. The molecule has 6 rings (SSSR count). The van der Waals surface area contributed by atoms with Crippen LogP contribution in [0.15, 0.2) is 42.5 Å². The van der Waals surface area contributed by atoms with E-state index in [0.29, 0.717) is 25.5 Å². The molecule has 7 nitrogen and oxygen atoms in total. The van der Waals surface area contributed by atoms with Crippen LogP contribution in [0.1, 0.15) is 46.7 Å². The minimum Gasteiger partial charge on any atom is -0.383 e. The Kier molecular flexibility index (Phi) is 5.41. The third-order valence-electron chi connectivity index (χ3n) is 7.30. The molecule has 174 valence electrons. The highest BCUT2D eigenvalue weighted by Gasteiger charge is 2.24. The van der Waals surface area contributed by atoms with Gasteiger partial charge in [0.05, 0.1) is 12.1 Å². The number of aryl methyl sites for hydroxylation is 2. The summed E-state index contributed by atoms with van der Waals surface area (Å²) < 4.78 is 0. The molecule has 34 heavy (non-hydrogen) atoms. The average molecular weight is 455 g/mol. The van der Waals surface area contributed by atoms with E-state index in [1.807, 2.05) is 35.2 Å². The van der Waals surface area contributed by atoms with Gasteiger partial charge in [0, 0.05) is 53.7 Å². The zero-order valence-corrected chi connectivity index (χ0v) is 19.4. The lowest BCUT2D eigenvalue weighted by Gasteiger charge is -2.34. The lowest BCUT2D eigenvalue weighted by atomic mass is 10.0. The lowest BCUT2D eigenvalue weighted by molar-refractivity contribution is 0.0626. The minimum atomic E-state index is 0.122. The molecular formula is C27H30N6O. The third-order valence-corrected chi connectivity index (χ3v) is 7.30. The number of nitrogens with one attached hydrogen (secondary N) is 1. The molecular weight excluding hydrogens is 424 g/mol. The van der Waals surface area contributed by atoms with Gasteiger partial charge in [0.1, 0.15) is 11.6 Å². The standard InChI is InChI=1S/C27H30N6O/c28-26-20-7-4-5-9-23(20)30-25(31-26)17-32-12-14-33(15-13-32)27(34)18-10-11-24-21(16-18)19-6-2-1-3-8-22(19)29-24/h4-5,7,9-11,16,29H,1-3,6,8,12-15,17H2,(H2,28,30,31). The molecule has 0 bridgehead atoms. The van der Waals surface area contributed by atoms with Crippen molar-refractivity contribution in [1.82, 2.24) is 24.8 Å². The number of fused-ring (bicyclic) bond motifs is 4. The lowest BCUT2D eigenvalue weighted by Crippen LogP contribution is -2.48. The van der Waals surface area contributed by atoms with Crippen LogP contribution >= 0.6 is 0 Å². The van der Waals surface area contributed by atoms with Crippen LogP contribution in [0.2, 0.25) is 0 Å². The van der Waals surface area contributed by atoms with Crippen molar-refractivity contribution in [3.63, 3.8) is 0 Å². The Labute approximate surface area is 199 Å². The first-order valence-electron chi connectivity index (χ1n) is 12.3. The molecule has 1 aliphatic carbocycles. The maximum atomic E-state index is 13.3. The van der Waals surface area contributed by atoms with E-state index in [2.05, 4.69) is 32.0 Å². The van der Waals surface area contributed by atoms with Gasteiger partial charge in [-0.25, -0.2) is 9.97 Å². The number of aromatic amines is 1. The van der Waals surface area contributed by atoms with Crippen molar-refractivity contribution in [3.05, 3.63) is 65.1 Å². The molecule has 0 unspecified atom stereocenters.